The Morgan fingerprint density at radius 3 is 2.19 bits per heavy atom. The highest BCUT2D eigenvalue weighted by molar-refractivity contribution is 7.80. The Morgan fingerprint density at radius 1 is 1.13 bits per heavy atom. The van der Waals surface area contributed by atoms with Gasteiger partial charge in [-0.25, -0.2) is 4.79 Å². The molecule has 2 aliphatic heterocycles. The zero-order valence-corrected chi connectivity index (χ0v) is 18.2. The molecule has 1 aliphatic carbocycles. The van der Waals surface area contributed by atoms with E-state index in [9.17, 15) is 15.0 Å². The molecule has 0 amide bonds. The molecule has 0 saturated carbocycles. The summed E-state index contributed by atoms with van der Waals surface area (Å²) in [5.41, 5.74) is 1.55. The van der Waals surface area contributed by atoms with Gasteiger partial charge in [0, 0.05) is 35.9 Å². The van der Waals surface area contributed by atoms with Crippen LogP contribution < -0.4 is 10.1 Å². The summed E-state index contributed by atoms with van der Waals surface area (Å²) < 4.78 is 11.9. The number of allylic oxidation sites excluding steroid dienone is 2. The lowest BCUT2D eigenvalue weighted by molar-refractivity contribution is -0.143. The minimum Gasteiger partial charge on any atom is -0.508 e. The van der Waals surface area contributed by atoms with E-state index in [1.807, 2.05) is 20.0 Å². The van der Waals surface area contributed by atoms with Gasteiger partial charge in [-0.15, -0.1) is 0 Å². The van der Waals surface area contributed by atoms with Crippen molar-refractivity contribution in [3.63, 3.8) is 0 Å². The monoisotopic (exact) mass is 437 g/mol. The molecule has 2 aromatic carbocycles. The van der Waals surface area contributed by atoms with E-state index < -0.39 is 5.60 Å². The van der Waals surface area contributed by atoms with Crippen LogP contribution in [0.3, 0.4) is 0 Å². The number of carbonyl (C=O) groups excluding carboxylic acids is 1. The molecule has 1 spiro atoms. The number of phenolic OH excluding ortho intramolecular Hbond substituents is 2. The summed E-state index contributed by atoms with van der Waals surface area (Å²) in [7, 11) is 1.81. The van der Waals surface area contributed by atoms with Gasteiger partial charge in [-0.2, -0.15) is 0 Å². The molecule has 7 heteroatoms. The largest absolute Gasteiger partial charge is 0.508 e. The van der Waals surface area contributed by atoms with Gasteiger partial charge in [0.2, 0.25) is 0 Å². The van der Waals surface area contributed by atoms with E-state index in [0.717, 1.165) is 17.0 Å². The van der Waals surface area contributed by atoms with E-state index in [2.05, 4.69) is 30.5 Å². The maximum atomic E-state index is 12.7. The van der Waals surface area contributed by atoms with E-state index >= 15 is 0 Å². The number of carbonyl (C=O) groups is 1. The summed E-state index contributed by atoms with van der Waals surface area (Å²) in [6.07, 6.45) is 4.77. The first-order valence-corrected chi connectivity index (χ1v) is 10.4. The van der Waals surface area contributed by atoms with Crippen LogP contribution in [0.15, 0.2) is 59.7 Å². The number of hydrogen-bond acceptors (Lipinski definition) is 6. The minimum atomic E-state index is -1.14. The lowest BCUT2D eigenvalue weighted by Crippen LogP contribution is -2.33. The highest BCUT2D eigenvalue weighted by Gasteiger charge is 2.56. The van der Waals surface area contributed by atoms with Crippen LogP contribution in [0.4, 0.5) is 0 Å². The van der Waals surface area contributed by atoms with Gasteiger partial charge in [0.05, 0.1) is 10.6 Å². The van der Waals surface area contributed by atoms with E-state index in [1.54, 1.807) is 24.3 Å². The zero-order valence-electron chi connectivity index (χ0n) is 17.4. The third kappa shape index (κ3) is 3.45. The highest BCUT2D eigenvalue weighted by atomic mass is 32.1. The third-order valence-corrected chi connectivity index (χ3v) is 5.75. The Balaban J connectivity index is 0.000000418. The highest BCUT2D eigenvalue weighted by Crippen LogP contribution is 2.59. The molecule has 3 aliphatic rings. The number of aromatic hydroxyl groups is 2. The number of ether oxygens (including phenoxy) is 2. The van der Waals surface area contributed by atoms with Crippen LogP contribution in [-0.2, 0) is 15.1 Å². The van der Waals surface area contributed by atoms with Crippen molar-refractivity contribution in [1.82, 2.24) is 5.32 Å². The topological polar surface area (TPSA) is 88.0 Å². The molecule has 5 rings (SSSR count). The van der Waals surface area contributed by atoms with Crippen molar-refractivity contribution >= 4 is 23.2 Å². The number of benzene rings is 2. The van der Waals surface area contributed by atoms with Crippen molar-refractivity contribution in [3.05, 3.63) is 70.8 Å². The molecule has 1 fully saturated rings. The second-order valence-electron chi connectivity index (χ2n) is 7.75. The number of thiocarbonyl (C=S) groups is 1. The van der Waals surface area contributed by atoms with Crippen LogP contribution >= 0.6 is 12.2 Å². The predicted molar refractivity (Wildman–Crippen MR) is 120 cm³/mol. The number of rotatable bonds is 0. The molecule has 0 radical (unpaired) electrons. The Hall–Kier alpha value is -3.32. The minimum absolute atomic E-state index is 0.0496. The molecule has 0 bridgehead atoms. The molecule has 1 saturated heterocycles. The van der Waals surface area contributed by atoms with Crippen LogP contribution in [0, 0.1) is 5.92 Å². The first-order valence-electron chi connectivity index (χ1n) is 9.95. The van der Waals surface area contributed by atoms with E-state index in [-0.39, 0.29) is 23.4 Å². The van der Waals surface area contributed by atoms with Gasteiger partial charge in [0.25, 0.3) is 0 Å². The number of esters is 1. The lowest BCUT2D eigenvalue weighted by Gasteiger charge is -2.37. The number of hydrogen-bond donors (Lipinski definition) is 3. The fourth-order valence-corrected chi connectivity index (χ4v) is 4.04. The maximum Gasteiger partial charge on any atom is 0.339 e. The Morgan fingerprint density at radius 2 is 1.68 bits per heavy atom. The van der Waals surface area contributed by atoms with Crippen molar-refractivity contribution < 1.29 is 24.5 Å². The summed E-state index contributed by atoms with van der Waals surface area (Å²) in [5, 5.41) is 22.5. The van der Waals surface area contributed by atoms with Gasteiger partial charge in [-0.05, 0) is 43.5 Å². The van der Waals surface area contributed by atoms with Gasteiger partial charge in [-0.1, -0.05) is 31.3 Å². The first-order chi connectivity index (χ1) is 14.8. The molecular weight excluding hydrogens is 414 g/mol. The molecule has 6 nitrogen and oxygen atoms in total. The van der Waals surface area contributed by atoms with Crippen molar-refractivity contribution in [1.29, 1.82) is 0 Å². The summed E-state index contributed by atoms with van der Waals surface area (Å²) in [5.74, 6) is 0.793. The lowest BCUT2D eigenvalue weighted by atomic mass is 9.74. The summed E-state index contributed by atoms with van der Waals surface area (Å²) in [6, 6.07) is 9.53. The van der Waals surface area contributed by atoms with Crippen LogP contribution in [0.1, 0.15) is 31.4 Å². The van der Waals surface area contributed by atoms with Crippen molar-refractivity contribution in [2.75, 3.05) is 7.05 Å². The smallest absolute Gasteiger partial charge is 0.339 e. The van der Waals surface area contributed by atoms with E-state index in [4.69, 9.17) is 9.47 Å². The molecule has 31 heavy (non-hydrogen) atoms. The normalized spacial score (nSPS) is 19.3. The molecule has 2 aromatic rings. The van der Waals surface area contributed by atoms with Gasteiger partial charge in [-0.3, -0.25) is 0 Å². The van der Waals surface area contributed by atoms with Gasteiger partial charge < -0.3 is 25.0 Å². The Bertz CT molecular complexity index is 1100. The fourth-order valence-electron chi connectivity index (χ4n) is 4.04. The second kappa shape index (κ2) is 7.74. The quantitative estimate of drug-likeness (QED) is 0.415. The van der Waals surface area contributed by atoms with Gasteiger partial charge in [0.1, 0.15) is 23.0 Å². The molecule has 3 N–H and O–H groups in total. The summed E-state index contributed by atoms with van der Waals surface area (Å²) >= 11 is 4.59. The van der Waals surface area contributed by atoms with Gasteiger partial charge >= 0.3 is 5.97 Å². The predicted octanol–water partition coefficient (Wildman–Crippen LogP) is 4.45. The Labute approximate surface area is 185 Å². The summed E-state index contributed by atoms with van der Waals surface area (Å²) in [4.78, 5) is 13.5. The maximum absolute atomic E-state index is 12.7. The standard InChI is InChI=1S/C21H16O5.C3H7NS/c1-11-2-5-14-17(8-11)21(26-20(14)24)15-6-3-12(22)9-18(15)25-19-10-13(23)4-7-16(19)21;1-3(5)4-2/h3-11,22-23H,2H2,1H3;1-2H3,(H,4,5). The van der Waals surface area contributed by atoms with E-state index in [1.165, 1.54) is 12.1 Å². The van der Waals surface area contributed by atoms with E-state index in [0.29, 0.717) is 28.2 Å². The Kier molecular flexibility index (Phi) is 5.23. The molecule has 1 atom stereocenters. The summed E-state index contributed by atoms with van der Waals surface area (Å²) in [6.45, 7) is 3.93. The molecular formula is C24H23NO5S. The molecule has 0 aromatic heterocycles. The van der Waals surface area contributed by atoms with Crippen molar-refractivity contribution in [2.24, 2.45) is 5.92 Å². The average molecular weight is 438 g/mol. The second-order valence-corrected chi connectivity index (χ2v) is 8.36. The van der Waals surface area contributed by atoms with Crippen molar-refractivity contribution in [3.8, 4) is 23.0 Å². The van der Waals surface area contributed by atoms with Crippen LogP contribution in [-0.4, -0.2) is 28.2 Å². The number of phenols is 2. The van der Waals surface area contributed by atoms with Crippen LogP contribution in [0.25, 0.3) is 0 Å². The van der Waals surface area contributed by atoms with Crippen LogP contribution in [0.2, 0.25) is 0 Å². The SMILES string of the molecule is CC1C=C2C(=CC1)C(=O)OC21c2ccc(O)cc2Oc2cc(O)ccc21.CNC(C)=S. The fraction of sp³-hybridized carbons (Fsp3) is 0.250. The molecule has 1 unspecified atom stereocenters. The third-order valence-electron chi connectivity index (χ3n) is 5.54. The zero-order chi connectivity index (χ0) is 22.3. The molecule has 160 valence electrons. The van der Waals surface area contributed by atoms with Gasteiger partial charge in [0.15, 0.2) is 5.60 Å². The number of fused-ring (bicyclic) bond motifs is 6. The first kappa shape index (κ1) is 20.9. The average Bonchev–Trinajstić information content (AvgIpc) is 3.00. The molecule has 2 heterocycles. The number of nitrogens with one attached hydrogen (secondary N) is 1. The van der Waals surface area contributed by atoms with Crippen molar-refractivity contribution in [2.45, 2.75) is 25.9 Å². The van der Waals surface area contributed by atoms with Crippen LogP contribution in [0.5, 0.6) is 23.0 Å².